The zero-order chi connectivity index (χ0) is 16.9. The van der Waals surface area contributed by atoms with Crippen molar-refractivity contribution < 1.29 is 4.52 Å². The van der Waals surface area contributed by atoms with Crippen molar-refractivity contribution in [2.45, 2.75) is 64.1 Å². The predicted octanol–water partition coefficient (Wildman–Crippen LogP) is 3.39. The molecule has 1 aromatic heterocycles. The van der Waals surface area contributed by atoms with Crippen LogP contribution in [0.3, 0.4) is 0 Å². The molecule has 0 amide bonds. The van der Waals surface area contributed by atoms with Gasteiger partial charge in [0.15, 0.2) is 0 Å². The number of aromatic nitrogens is 2. The highest BCUT2D eigenvalue weighted by Gasteiger charge is 2.20. The van der Waals surface area contributed by atoms with E-state index in [1.165, 1.54) is 37.7 Å². The molecule has 2 aromatic rings. The minimum atomic E-state index is 0.169. The largest absolute Gasteiger partial charge is 0.338 e. The van der Waals surface area contributed by atoms with Crippen molar-refractivity contribution in [1.82, 2.24) is 15.0 Å². The van der Waals surface area contributed by atoms with Gasteiger partial charge in [0, 0.05) is 17.6 Å². The molecule has 24 heavy (non-hydrogen) atoms. The van der Waals surface area contributed by atoms with E-state index in [0.29, 0.717) is 17.8 Å². The molecule has 0 radical (unpaired) electrons. The van der Waals surface area contributed by atoms with E-state index in [1.54, 1.807) is 0 Å². The van der Waals surface area contributed by atoms with Crippen molar-refractivity contribution in [1.29, 1.82) is 0 Å². The summed E-state index contributed by atoms with van der Waals surface area (Å²) in [5, 5.41) is 4.14. The summed E-state index contributed by atoms with van der Waals surface area (Å²) in [6.45, 7) is 2.74. The van der Waals surface area contributed by atoms with Crippen LogP contribution in [-0.2, 0) is 13.0 Å². The molecule has 0 saturated heterocycles. The summed E-state index contributed by atoms with van der Waals surface area (Å²) < 4.78 is 5.45. The average molecular weight is 328 g/mol. The quantitative estimate of drug-likeness (QED) is 0.880. The van der Waals surface area contributed by atoms with Crippen molar-refractivity contribution in [3.8, 4) is 11.4 Å². The van der Waals surface area contributed by atoms with Gasteiger partial charge in [-0.1, -0.05) is 48.7 Å². The van der Waals surface area contributed by atoms with Crippen molar-refractivity contribution in [3.63, 3.8) is 0 Å². The molecule has 0 aliphatic heterocycles. The third-order valence-electron chi connectivity index (χ3n) is 4.82. The molecule has 1 aliphatic carbocycles. The highest BCUT2D eigenvalue weighted by molar-refractivity contribution is 5.54. The Hall–Kier alpha value is -1.72. The van der Waals surface area contributed by atoms with E-state index >= 15 is 0 Å². The second kappa shape index (κ2) is 7.90. The maximum absolute atomic E-state index is 5.84. The fraction of sp³-hybridized carbons (Fsp3) is 0.579. The summed E-state index contributed by atoms with van der Waals surface area (Å²) in [7, 11) is 2.16. The average Bonchev–Trinajstić information content (AvgIpc) is 3.04. The van der Waals surface area contributed by atoms with E-state index in [0.717, 1.165) is 18.5 Å². The number of nitrogens with two attached hydrogens (primary N) is 1. The number of hydrogen-bond acceptors (Lipinski definition) is 5. The van der Waals surface area contributed by atoms with Crippen LogP contribution in [0.2, 0.25) is 0 Å². The topological polar surface area (TPSA) is 68.2 Å². The second-order valence-corrected chi connectivity index (χ2v) is 7.10. The first-order chi connectivity index (χ1) is 11.6. The molecule has 1 unspecified atom stereocenters. The normalized spacial score (nSPS) is 17.3. The highest BCUT2D eigenvalue weighted by Crippen LogP contribution is 2.23. The fourth-order valence-corrected chi connectivity index (χ4v) is 3.46. The van der Waals surface area contributed by atoms with Crippen molar-refractivity contribution in [3.05, 3.63) is 35.7 Å². The first kappa shape index (κ1) is 17.1. The van der Waals surface area contributed by atoms with Crippen LogP contribution in [0, 0.1) is 0 Å². The highest BCUT2D eigenvalue weighted by atomic mass is 16.5. The SMILES string of the molecule is CC(N)Cc1ccc(-c2noc(CN(C)C3CCCCC3)n2)cc1. The summed E-state index contributed by atoms with van der Waals surface area (Å²) in [4.78, 5) is 6.91. The third kappa shape index (κ3) is 4.42. The molecule has 1 saturated carbocycles. The van der Waals surface area contributed by atoms with Gasteiger partial charge in [-0.2, -0.15) is 4.98 Å². The Morgan fingerprint density at radius 1 is 1.21 bits per heavy atom. The molecular formula is C19H28N4O. The number of hydrogen-bond donors (Lipinski definition) is 1. The third-order valence-corrected chi connectivity index (χ3v) is 4.82. The Kier molecular flexibility index (Phi) is 5.63. The summed E-state index contributed by atoms with van der Waals surface area (Å²) in [5.74, 6) is 1.35. The zero-order valence-corrected chi connectivity index (χ0v) is 14.7. The minimum Gasteiger partial charge on any atom is -0.338 e. The number of nitrogens with zero attached hydrogens (tertiary/aromatic N) is 3. The molecule has 1 atom stereocenters. The summed E-state index contributed by atoms with van der Waals surface area (Å²) in [6, 6.07) is 9.06. The maximum atomic E-state index is 5.84. The van der Waals surface area contributed by atoms with Gasteiger partial charge in [-0.25, -0.2) is 0 Å². The molecule has 2 N–H and O–H groups in total. The molecule has 1 heterocycles. The van der Waals surface area contributed by atoms with Gasteiger partial charge < -0.3 is 10.3 Å². The summed E-state index contributed by atoms with van der Waals surface area (Å²) >= 11 is 0. The van der Waals surface area contributed by atoms with Crippen LogP contribution in [0.1, 0.15) is 50.5 Å². The first-order valence-corrected chi connectivity index (χ1v) is 8.99. The Labute approximate surface area is 144 Å². The predicted molar refractivity (Wildman–Crippen MR) is 95.4 cm³/mol. The molecule has 1 aromatic carbocycles. The lowest BCUT2D eigenvalue weighted by Crippen LogP contribution is -2.32. The van der Waals surface area contributed by atoms with Gasteiger partial charge in [-0.3, -0.25) is 4.90 Å². The van der Waals surface area contributed by atoms with Crippen molar-refractivity contribution in [2.24, 2.45) is 5.73 Å². The lowest BCUT2D eigenvalue weighted by atomic mass is 9.94. The van der Waals surface area contributed by atoms with E-state index in [9.17, 15) is 0 Å². The van der Waals surface area contributed by atoms with Crippen LogP contribution in [0.4, 0.5) is 0 Å². The molecule has 0 bridgehead atoms. The van der Waals surface area contributed by atoms with Crippen LogP contribution in [0.15, 0.2) is 28.8 Å². The minimum absolute atomic E-state index is 0.169. The van der Waals surface area contributed by atoms with E-state index in [1.807, 2.05) is 19.1 Å². The van der Waals surface area contributed by atoms with Gasteiger partial charge >= 0.3 is 0 Å². The molecular weight excluding hydrogens is 300 g/mol. The Balaban J connectivity index is 1.62. The van der Waals surface area contributed by atoms with Gasteiger partial charge in [-0.05, 0) is 38.8 Å². The molecule has 1 aliphatic rings. The Morgan fingerprint density at radius 3 is 2.58 bits per heavy atom. The van der Waals surface area contributed by atoms with Gasteiger partial charge in [0.25, 0.3) is 0 Å². The molecule has 3 rings (SSSR count). The van der Waals surface area contributed by atoms with Gasteiger partial charge in [0.2, 0.25) is 11.7 Å². The monoisotopic (exact) mass is 328 g/mol. The van der Waals surface area contributed by atoms with E-state index < -0.39 is 0 Å². The van der Waals surface area contributed by atoms with Crippen molar-refractivity contribution >= 4 is 0 Å². The standard InChI is InChI=1S/C19H28N4O/c1-14(20)12-15-8-10-16(11-9-15)19-21-18(24-22-19)13-23(2)17-6-4-3-5-7-17/h8-11,14,17H,3-7,12-13,20H2,1-2H3. The van der Waals surface area contributed by atoms with Crippen LogP contribution in [-0.4, -0.2) is 34.2 Å². The van der Waals surface area contributed by atoms with Crippen LogP contribution < -0.4 is 5.73 Å². The van der Waals surface area contributed by atoms with Gasteiger partial charge in [0.1, 0.15) is 0 Å². The molecule has 5 heteroatoms. The maximum Gasteiger partial charge on any atom is 0.241 e. The van der Waals surface area contributed by atoms with Crippen LogP contribution in [0.5, 0.6) is 0 Å². The van der Waals surface area contributed by atoms with E-state index in [-0.39, 0.29) is 6.04 Å². The second-order valence-electron chi connectivity index (χ2n) is 7.10. The van der Waals surface area contributed by atoms with E-state index in [4.69, 9.17) is 10.3 Å². The Bertz CT molecular complexity index is 629. The van der Waals surface area contributed by atoms with Crippen molar-refractivity contribution in [2.75, 3.05) is 7.05 Å². The smallest absolute Gasteiger partial charge is 0.241 e. The molecule has 130 valence electrons. The van der Waals surface area contributed by atoms with Gasteiger partial charge in [0.05, 0.1) is 6.54 Å². The Morgan fingerprint density at radius 2 is 1.92 bits per heavy atom. The fourth-order valence-electron chi connectivity index (χ4n) is 3.46. The molecule has 5 nitrogen and oxygen atoms in total. The molecule has 0 spiro atoms. The summed E-state index contributed by atoms with van der Waals surface area (Å²) in [5.41, 5.74) is 8.06. The van der Waals surface area contributed by atoms with Gasteiger partial charge in [-0.15, -0.1) is 0 Å². The number of benzene rings is 1. The lowest BCUT2D eigenvalue weighted by Gasteiger charge is -2.29. The lowest BCUT2D eigenvalue weighted by molar-refractivity contribution is 0.165. The van der Waals surface area contributed by atoms with Crippen LogP contribution in [0.25, 0.3) is 11.4 Å². The molecule has 1 fully saturated rings. The van der Waals surface area contributed by atoms with E-state index in [2.05, 4.69) is 34.2 Å². The number of rotatable bonds is 6. The summed E-state index contributed by atoms with van der Waals surface area (Å²) in [6.07, 6.45) is 7.46. The van der Waals surface area contributed by atoms with Crippen LogP contribution >= 0.6 is 0 Å². The zero-order valence-electron chi connectivity index (χ0n) is 14.7. The first-order valence-electron chi connectivity index (χ1n) is 8.99.